The number of nitrogens with zero attached hydrogens (tertiary/aromatic N) is 2. The lowest BCUT2D eigenvalue weighted by atomic mass is 9.91. The van der Waals surface area contributed by atoms with Crippen molar-refractivity contribution in [3.8, 4) is 6.07 Å². The zero-order valence-electron chi connectivity index (χ0n) is 13.1. The van der Waals surface area contributed by atoms with Crippen molar-refractivity contribution < 1.29 is 16.9 Å². The summed E-state index contributed by atoms with van der Waals surface area (Å²) in [6, 6.07) is 2.89. The second kappa shape index (κ2) is 8.05. The minimum Gasteiger partial charge on any atom is -1.00 e. The molecule has 2 atom stereocenters. The number of halogens is 1. The first kappa shape index (κ1) is 17.5. The molecule has 0 radical (unpaired) electrons. The SMILES string of the molecule is CCCC[N+]1(CCCC)C2=CCCCC2CC1C#N.[Cl-]. The van der Waals surface area contributed by atoms with Crippen molar-refractivity contribution in [1.82, 2.24) is 0 Å². The van der Waals surface area contributed by atoms with E-state index in [1.165, 1.54) is 58.0 Å². The molecule has 0 aromatic carbocycles. The molecule has 2 rings (SSSR count). The second-order valence-corrected chi connectivity index (χ2v) is 6.33. The van der Waals surface area contributed by atoms with Crippen LogP contribution in [0.3, 0.4) is 0 Å². The maximum absolute atomic E-state index is 9.65. The number of rotatable bonds is 6. The molecule has 2 aliphatic rings. The van der Waals surface area contributed by atoms with E-state index in [1.807, 2.05) is 0 Å². The Hall–Kier alpha value is -0.520. The number of allylic oxidation sites excluding steroid dienone is 2. The highest BCUT2D eigenvalue weighted by Crippen LogP contribution is 2.46. The van der Waals surface area contributed by atoms with Crippen LogP contribution in [0.1, 0.15) is 65.2 Å². The zero-order chi connectivity index (χ0) is 13.7. The maximum Gasteiger partial charge on any atom is 0.181 e. The van der Waals surface area contributed by atoms with E-state index in [0.717, 1.165) is 10.9 Å². The highest BCUT2D eigenvalue weighted by molar-refractivity contribution is 5.12. The van der Waals surface area contributed by atoms with Crippen LogP contribution in [0.4, 0.5) is 0 Å². The van der Waals surface area contributed by atoms with Gasteiger partial charge in [0.1, 0.15) is 11.8 Å². The van der Waals surface area contributed by atoms with Gasteiger partial charge in [-0.3, -0.25) is 4.48 Å². The first-order valence-corrected chi connectivity index (χ1v) is 8.25. The van der Waals surface area contributed by atoms with E-state index in [4.69, 9.17) is 0 Å². The summed E-state index contributed by atoms with van der Waals surface area (Å²) in [4.78, 5) is 0. The number of fused-ring (bicyclic) bond motifs is 1. The molecule has 20 heavy (non-hydrogen) atoms. The fraction of sp³-hybridized carbons (Fsp3) is 0.824. The van der Waals surface area contributed by atoms with Gasteiger partial charge in [0.25, 0.3) is 0 Å². The second-order valence-electron chi connectivity index (χ2n) is 6.33. The van der Waals surface area contributed by atoms with Crippen LogP contribution in [0, 0.1) is 17.2 Å². The van der Waals surface area contributed by atoms with Crippen LogP contribution >= 0.6 is 0 Å². The number of unbranched alkanes of at least 4 members (excludes halogenated alkanes) is 2. The van der Waals surface area contributed by atoms with Gasteiger partial charge in [0.15, 0.2) is 6.04 Å². The van der Waals surface area contributed by atoms with Gasteiger partial charge >= 0.3 is 0 Å². The van der Waals surface area contributed by atoms with Crippen LogP contribution in [0.15, 0.2) is 11.8 Å². The Morgan fingerprint density at radius 3 is 2.45 bits per heavy atom. The number of hydrogen-bond donors (Lipinski definition) is 0. The molecule has 0 N–H and O–H groups in total. The summed E-state index contributed by atoms with van der Waals surface area (Å²) in [5, 5.41) is 9.65. The summed E-state index contributed by atoms with van der Waals surface area (Å²) in [6.07, 6.45) is 12.5. The van der Waals surface area contributed by atoms with Crippen molar-refractivity contribution in [2.45, 2.75) is 71.3 Å². The molecule has 3 heteroatoms. The van der Waals surface area contributed by atoms with Crippen molar-refractivity contribution in [3.63, 3.8) is 0 Å². The van der Waals surface area contributed by atoms with E-state index in [1.54, 1.807) is 5.70 Å². The average Bonchev–Trinajstić information content (AvgIpc) is 2.77. The number of likely N-dealkylation sites (tertiary alicyclic amines) is 1. The summed E-state index contributed by atoms with van der Waals surface area (Å²) in [7, 11) is 0. The molecule has 1 saturated heterocycles. The van der Waals surface area contributed by atoms with Gasteiger partial charge in [0.05, 0.1) is 13.1 Å². The number of nitriles is 1. The Bertz CT molecular complexity index is 362. The molecule has 0 aromatic rings. The van der Waals surface area contributed by atoms with Crippen molar-refractivity contribution >= 4 is 0 Å². The third-order valence-corrected chi connectivity index (χ3v) is 5.12. The third-order valence-electron chi connectivity index (χ3n) is 5.12. The standard InChI is InChI=1S/C17H29N2.ClH/c1-3-5-11-19(12-6-4-2)16(14-18)13-15-9-7-8-10-17(15)19;/h10,15-16H,3-9,11-13H2,1-2H3;1H/q+1;/p-1. The van der Waals surface area contributed by atoms with Gasteiger partial charge in [-0.15, -0.1) is 0 Å². The van der Waals surface area contributed by atoms with Crippen molar-refractivity contribution in [2.24, 2.45) is 5.92 Å². The van der Waals surface area contributed by atoms with E-state index >= 15 is 0 Å². The third kappa shape index (κ3) is 3.21. The van der Waals surface area contributed by atoms with Crippen molar-refractivity contribution in [2.75, 3.05) is 13.1 Å². The monoisotopic (exact) mass is 296 g/mol. The highest BCUT2D eigenvalue weighted by Gasteiger charge is 2.51. The fourth-order valence-electron chi connectivity index (χ4n) is 4.09. The predicted octanol–water partition coefficient (Wildman–Crippen LogP) is 1.39. The Morgan fingerprint density at radius 2 is 1.90 bits per heavy atom. The molecule has 0 bridgehead atoms. The fourth-order valence-corrected chi connectivity index (χ4v) is 4.09. The summed E-state index contributed by atoms with van der Waals surface area (Å²) in [5.41, 5.74) is 1.64. The molecule has 1 heterocycles. The first-order chi connectivity index (χ1) is 9.28. The average molecular weight is 297 g/mol. The Balaban J connectivity index is 0.00000200. The van der Waals surface area contributed by atoms with Crippen LogP contribution in [0.2, 0.25) is 0 Å². The van der Waals surface area contributed by atoms with Gasteiger partial charge < -0.3 is 12.4 Å². The molecule has 1 fully saturated rings. The Kier molecular flexibility index (Phi) is 7.06. The van der Waals surface area contributed by atoms with Crippen molar-refractivity contribution in [3.05, 3.63) is 11.8 Å². The van der Waals surface area contributed by atoms with Crippen LogP contribution < -0.4 is 12.4 Å². The smallest absolute Gasteiger partial charge is 0.181 e. The van der Waals surface area contributed by atoms with Crippen LogP contribution in [0.5, 0.6) is 0 Å². The lowest BCUT2D eigenvalue weighted by Crippen LogP contribution is -3.00. The highest BCUT2D eigenvalue weighted by atomic mass is 35.5. The summed E-state index contributed by atoms with van der Waals surface area (Å²) < 4.78 is 1.03. The molecular formula is C17H29ClN2. The first-order valence-electron chi connectivity index (χ1n) is 8.25. The van der Waals surface area contributed by atoms with E-state index in [0.29, 0.717) is 5.92 Å². The predicted molar refractivity (Wildman–Crippen MR) is 79.3 cm³/mol. The van der Waals surface area contributed by atoms with Crippen LogP contribution in [-0.4, -0.2) is 23.6 Å². The molecule has 0 saturated carbocycles. The van der Waals surface area contributed by atoms with Gasteiger partial charge in [0, 0.05) is 12.3 Å². The van der Waals surface area contributed by atoms with Gasteiger partial charge in [0.2, 0.25) is 0 Å². The molecule has 2 unspecified atom stereocenters. The number of quaternary nitrogens is 1. The minimum absolute atomic E-state index is 0. The molecule has 1 aliphatic heterocycles. The molecule has 2 nitrogen and oxygen atoms in total. The lowest BCUT2D eigenvalue weighted by Gasteiger charge is -2.39. The summed E-state index contributed by atoms with van der Waals surface area (Å²) >= 11 is 0. The minimum atomic E-state index is 0. The Labute approximate surface area is 130 Å². The van der Waals surface area contributed by atoms with Crippen LogP contribution in [0.25, 0.3) is 0 Å². The molecule has 1 aliphatic carbocycles. The van der Waals surface area contributed by atoms with Gasteiger partial charge in [-0.25, -0.2) is 0 Å². The number of hydrogen-bond acceptors (Lipinski definition) is 1. The Morgan fingerprint density at radius 1 is 1.25 bits per heavy atom. The van der Waals surface area contributed by atoms with Crippen molar-refractivity contribution in [1.29, 1.82) is 5.26 Å². The maximum atomic E-state index is 9.65. The molecule has 0 aromatic heterocycles. The quantitative estimate of drug-likeness (QED) is 0.680. The van der Waals surface area contributed by atoms with E-state index in [2.05, 4.69) is 26.0 Å². The van der Waals surface area contributed by atoms with E-state index < -0.39 is 0 Å². The van der Waals surface area contributed by atoms with E-state index in [-0.39, 0.29) is 18.4 Å². The summed E-state index contributed by atoms with van der Waals surface area (Å²) in [5.74, 6) is 0.715. The molecule has 0 amide bonds. The molecule has 0 spiro atoms. The molecule has 114 valence electrons. The van der Waals surface area contributed by atoms with Gasteiger partial charge in [-0.05, 0) is 38.2 Å². The van der Waals surface area contributed by atoms with Gasteiger partial charge in [-0.1, -0.05) is 26.7 Å². The normalized spacial score (nSPS) is 27.1. The largest absolute Gasteiger partial charge is 1.00 e. The lowest BCUT2D eigenvalue weighted by molar-refractivity contribution is -0.900. The topological polar surface area (TPSA) is 23.8 Å². The molecular weight excluding hydrogens is 268 g/mol. The summed E-state index contributed by atoms with van der Waals surface area (Å²) in [6.45, 7) is 6.91. The van der Waals surface area contributed by atoms with Gasteiger partial charge in [-0.2, -0.15) is 5.26 Å². The zero-order valence-corrected chi connectivity index (χ0v) is 13.8. The van der Waals surface area contributed by atoms with E-state index in [9.17, 15) is 5.26 Å². The van der Waals surface area contributed by atoms with Crippen LogP contribution in [-0.2, 0) is 0 Å².